The second-order valence-electron chi connectivity index (χ2n) is 3.96. The number of hydrogen-bond donors (Lipinski definition) is 0. The molecule has 0 aromatic carbocycles. The largest absolute Gasteiger partial charge is 0.460 e. The van der Waals surface area contributed by atoms with E-state index in [1.165, 1.54) is 26.0 Å². The zero-order valence-electron chi connectivity index (χ0n) is 12.2. The van der Waals surface area contributed by atoms with Gasteiger partial charge in [0.15, 0.2) is 18.5 Å². The molecule has 0 heterocycles. The van der Waals surface area contributed by atoms with E-state index in [0.29, 0.717) is 0 Å². The zero-order valence-corrected chi connectivity index (χ0v) is 12.2. The molecule has 0 saturated heterocycles. The third kappa shape index (κ3) is 7.70. The molecule has 114 valence electrons. The van der Waals surface area contributed by atoms with Crippen LogP contribution in [0.5, 0.6) is 0 Å². The van der Waals surface area contributed by atoms with Gasteiger partial charge in [-0.15, -0.1) is 0 Å². The molecule has 0 aliphatic carbocycles. The van der Waals surface area contributed by atoms with Gasteiger partial charge in [-0.25, -0.2) is 9.59 Å². The van der Waals surface area contributed by atoms with Gasteiger partial charge in [-0.05, 0) is 20.8 Å². The SMILES string of the molecule is C=CCOC(=O)C(C)OC(C)OC(C)C(=O)OCC=C. The minimum Gasteiger partial charge on any atom is -0.460 e. The van der Waals surface area contributed by atoms with Gasteiger partial charge >= 0.3 is 11.9 Å². The van der Waals surface area contributed by atoms with Crippen LogP contribution in [0.1, 0.15) is 20.8 Å². The second-order valence-corrected chi connectivity index (χ2v) is 3.96. The molecule has 0 amide bonds. The molecule has 6 nitrogen and oxygen atoms in total. The maximum Gasteiger partial charge on any atom is 0.335 e. The summed E-state index contributed by atoms with van der Waals surface area (Å²) in [5, 5.41) is 0. The van der Waals surface area contributed by atoms with Crippen LogP contribution in [0, 0.1) is 0 Å². The summed E-state index contributed by atoms with van der Waals surface area (Å²) >= 11 is 0. The summed E-state index contributed by atoms with van der Waals surface area (Å²) in [6.07, 6.45) is 0.556. The van der Waals surface area contributed by atoms with Crippen LogP contribution in [-0.4, -0.2) is 43.7 Å². The smallest absolute Gasteiger partial charge is 0.335 e. The van der Waals surface area contributed by atoms with Crippen molar-refractivity contribution in [3.05, 3.63) is 25.3 Å². The Morgan fingerprint density at radius 3 is 1.55 bits per heavy atom. The average molecular weight is 286 g/mol. The van der Waals surface area contributed by atoms with Crippen LogP contribution in [-0.2, 0) is 28.5 Å². The van der Waals surface area contributed by atoms with Crippen molar-refractivity contribution in [3.8, 4) is 0 Å². The lowest BCUT2D eigenvalue weighted by molar-refractivity contribution is -0.203. The van der Waals surface area contributed by atoms with Gasteiger partial charge in [0, 0.05) is 0 Å². The molecule has 0 fully saturated rings. The standard InChI is InChI=1S/C14H22O6/c1-6-8-17-13(15)10(3)19-12(5)20-11(4)14(16)18-9-7-2/h6-7,10-12H,1-2,8-9H2,3-5H3. The molecule has 20 heavy (non-hydrogen) atoms. The topological polar surface area (TPSA) is 71.1 Å². The van der Waals surface area contributed by atoms with Gasteiger partial charge in [0.05, 0.1) is 0 Å². The highest BCUT2D eigenvalue weighted by molar-refractivity contribution is 5.74. The van der Waals surface area contributed by atoms with E-state index in [0.717, 1.165) is 0 Å². The van der Waals surface area contributed by atoms with Crippen LogP contribution >= 0.6 is 0 Å². The molecule has 6 heteroatoms. The Hall–Kier alpha value is -1.66. The molecule has 0 spiro atoms. The van der Waals surface area contributed by atoms with Crippen molar-refractivity contribution in [1.29, 1.82) is 0 Å². The summed E-state index contributed by atoms with van der Waals surface area (Å²) < 4.78 is 20.2. The number of rotatable bonds is 10. The van der Waals surface area contributed by atoms with Crippen LogP contribution in [0.15, 0.2) is 25.3 Å². The second kappa shape index (κ2) is 10.2. The van der Waals surface area contributed by atoms with Crippen molar-refractivity contribution in [2.75, 3.05) is 13.2 Å². The third-order valence-corrected chi connectivity index (χ3v) is 2.14. The molecule has 2 unspecified atom stereocenters. The molecule has 0 aromatic rings. The Bertz CT molecular complexity index is 307. The first-order valence-corrected chi connectivity index (χ1v) is 6.28. The van der Waals surface area contributed by atoms with E-state index < -0.39 is 30.4 Å². The van der Waals surface area contributed by atoms with Gasteiger partial charge in [-0.2, -0.15) is 0 Å². The Labute approximate surface area is 119 Å². The molecule has 0 N–H and O–H groups in total. The van der Waals surface area contributed by atoms with E-state index >= 15 is 0 Å². The molecule has 0 aliphatic rings. The van der Waals surface area contributed by atoms with Crippen molar-refractivity contribution in [2.45, 2.75) is 39.3 Å². The van der Waals surface area contributed by atoms with E-state index in [4.69, 9.17) is 18.9 Å². The fourth-order valence-corrected chi connectivity index (χ4v) is 1.23. The Morgan fingerprint density at radius 2 is 1.25 bits per heavy atom. The van der Waals surface area contributed by atoms with E-state index in [1.54, 1.807) is 6.92 Å². The molecule has 0 rings (SSSR count). The van der Waals surface area contributed by atoms with Gasteiger partial charge in [-0.1, -0.05) is 25.3 Å². The molecule has 0 radical (unpaired) electrons. The maximum absolute atomic E-state index is 11.4. The summed E-state index contributed by atoms with van der Waals surface area (Å²) in [6.45, 7) is 11.7. The first-order valence-electron chi connectivity index (χ1n) is 6.28. The predicted octanol–water partition coefficient (Wildman–Crippen LogP) is 1.60. The van der Waals surface area contributed by atoms with Crippen molar-refractivity contribution in [3.63, 3.8) is 0 Å². The number of esters is 2. The van der Waals surface area contributed by atoms with Crippen molar-refractivity contribution in [1.82, 2.24) is 0 Å². The molecular weight excluding hydrogens is 264 g/mol. The first-order chi connectivity index (χ1) is 9.42. The molecule has 0 saturated carbocycles. The lowest BCUT2D eigenvalue weighted by Gasteiger charge is -2.21. The lowest BCUT2D eigenvalue weighted by atomic mass is 10.4. The van der Waals surface area contributed by atoms with Crippen LogP contribution in [0.4, 0.5) is 0 Å². The highest BCUT2D eigenvalue weighted by atomic mass is 16.7. The lowest BCUT2D eigenvalue weighted by Crippen LogP contribution is -2.33. The molecule has 0 bridgehead atoms. The third-order valence-electron chi connectivity index (χ3n) is 2.14. The quantitative estimate of drug-likeness (QED) is 0.345. The highest BCUT2D eigenvalue weighted by Crippen LogP contribution is 2.06. The van der Waals surface area contributed by atoms with Gasteiger partial charge < -0.3 is 18.9 Å². The van der Waals surface area contributed by atoms with Crippen molar-refractivity contribution < 1.29 is 28.5 Å². The number of carbonyl (C=O) groups excluding carboxylic acids is 2. The van der Waals surface area contributed by atoms with Gasteiger partial charge in [-0.3, -0.25) is 0 Å². The van der Waals surface area contributed by atoms with Crippen LogP contribution < -0.4 is 0 Å². The Balaban J connectivity index is 4.10. The fraction of sp³-hybridized carbons (Fsp3) is 0.571. The first kappa shape index (κ1) is 18.3. The molecule has 2 atom stereocenters. The summed E-state index contributed by atoms with van der Waals surface area (Å²) in [5.41, 5.74) is 0. The summed E-state index contributed by atoms with van der Waals surface area (Å²) in [6, 6.07) is 0. The minimum atomic E-state index is -0.804. The van der Waals surface area contributed by atoms with Crippen LogP contribution in [0.25, 0.3) is 0 Å². The minimum absolute atomic E-state index is 0.117. The summed E-state index contributed by atoms with van der Waals surface area (Å²) in [4.78, 5) is 22.9. The van der Waals surface area contributed by atoms with Gasteiger partial charge in [0.25, 0.3) is 0 Å². The van der Waals surface area contributed by atoms with Gasteiger partial charge in [0.2, 0.25) is 0 Å². The normalized spacial score (nSPS) is 14.8. The molecule has 0 aliphatic heterocycles. The van der Waals surface area contributed by atoms with Crippen molar-refractivity contribution >= 4 is 11.9 Å². The zero-order chi connectivity index (χ0) is 15.5. The number of carbonyl (C=O) groups is 2. The van der Waals surface area contributed by atoms with Gasteiger partial charge in [0.1, 0.15) is 13.2 Å². The summed E-state index contributed by atoms with van der Waals surface area (Å²) in [7, 11) is 0. The van der Waals surface area contributed by atoms with E-state index in [1.807, 2.05) is 0 Å². The average Bonchev–Trinajstić information content (AvgIpc) is 2.41. The highest BCUT2D eigenvalue weighted by Gasteiger charge is 2.22. The molecule has 0 aromatic heterocycles. The number of hydrogen-bond acceptors (Lipinski definition) is 6. The van der Waals surface area contributed by atoms with E-state index in [-0.39, 0.29) is 13.2 Å². The van der Waals surface area contributed by atoms with Crippen LogP contribution in [0.2, 0.25) is 0 Å². The Morgan fingerprint density at radius 1 is 0.900 bits per heavy atom. The van der Waals surface area contributed by atoms with Crippen LogP contribution in [0.3, 0.4) is 0 Å². The fourth-order valence-electron chi connectivity index (χ4n) is 1.23. The predicted molar refractivity (Wildman–Crippen MR) is 72.9 cm³/mol. The summed E-state index contributed by atoms with van der Waals surface area (Å²) in [5.74, 6) is -1.05. The molecular formula is C14H22O6. The number of ether oxygens (including phenoxy) is 4. The van der Waals surface area contributed by atoms with E-state index in [2.05, 4.69) is 13.2 Å². The maximum atomic E-state index is 11.4. The monoisotopic (exact) mass is 286 g/mol. The Kier molecular flexibility index (Phi) is 9.32. The van der Waals surface area contributed by atoms with E-state index in [9.17, 15) is 9.59 Å². The van der Waals surface area contributed by atoms with Crippen molar-refractivity contribution in [2.24, 2.45) is 0 Å².